The molecule has 1 amide bonds. The lowest BCUT2D eigenvalue weighted by Gasteiger charge is -2.37. The lowest BCUT2D eigenvalue weighted by molar-refractivity contribution is -0.119. The second kappa shape index (κ2) is 15.2. The van der Waals surface area contributed by atoms with Crippen LogP contribution in [0.3, 0.4) is 0 Å². The van der Waals surface area contributed by atoms with Crippen LogP contribution in [-0.2, 0) is 4.79 Å². The number of hydrogen-bond acceptors (Lipinski definition) is 2. The molecule has 1 aliphatic rings. The van der Waals surface area contributed by atoms with Crippen LogP contribution in [0.25, 0.3) is 0 Å². The molecule has 0 spiro atoms. The monoisotopic (exact) mass is 424 g/mol. The molecule has 0 aliphatic heterocycles. The molecule has 0 aromatic carbocycles. The Morgan fingerprint density at radius 3 is 1.79 bits per heavy atom. The van der Waals surface area contributed by atoms with Gasteiger partial charge >= 0.3 is 0 Å². The first-order valence-corrected chi connectivity index (χ1v) is 12.8. The topological polar surface area (TPSA) is 41.1 Å². The molecule has 29 heavy (non-hydrogen) atoms. The van der Waals surface area contributed by atoms with Crippen LogP contribution >= 0.6 is 12.2 Å². The lowest BCUT2D eigenvalue weighted by atomic mass is 9.71. The van der Waals surface area contributed by atoms with E-state index in [1.807, 2.05) is 0 Å². The van der Waals surface area contributed by atoms with Gasteiger partial charge < -0.3 is 10.6 Å². The fraction of sp³-hybridized carbons (Fsp3) is 0.920. The van der Waals surface area contributed by atoms with E-state index in [0.29, 0.717) is 23.0 Å². The van der Waals surface area contributed by atoms with E-state index >= 15 is 0 Å². The van der Waals surface area contributed by atoms with Crippen molar-refractivity contribution in [2.75, 3.05) is 0 Å². The predicted molar refractivity (Wildman–Crippen MR) is 130 cm³/mol. The van der Waals surface area contributed by atoms with Crippen LogP contribution in [0.4, 0.5) is 0 Å². The maximum absolute atomic E-state index is 12.1. The van der Waals surface area contributed by atoms with Crippen molar-refractivity contribution in [3.8, 4) is 0 Å². The molecular weight excluding hydrogens is 376 g/mol. The molecule has 170 valence electrons. The third-order valence-corrected chi connectivity index (χ3v) is 6.77. The Balaban J connectivity index is 1.97. The molecule has 2 N–H and O–H groups in total. The Morgan fingerprint density at radius 2 is 1.31 bits per heavy atom. The van der Waals surface area contributed by atoms with Crippen molar-refractivity contribution < 1.29 is 4.79 Å². The quantitative estimate of drug-likeness (QED) is 0.241. The fourth-order valence-electron chi connectivity index (χ4n) is 4.46. The molecule has 0 saturated heterocycles. The van der Waals surface area contributed by atoms with Crippen LogP contribution in [0.2, 0.25) is 0 Å². The van der Waals surface area contributed by atoms with Gasteiger partial charge in [-0.05, 0) is 55.7 Å². The van der Waals surface area contributed by atoms with Crippen molar-refractivity contribution in [2.24, 2.45) is 11.3 Å². The second-order valence-corrected chi connectivity index (χ2v) is 10.6. The molecule has 0 radical (unpaired) electrons. The van der Waals surface area contributed by atoms with Crippen molar-refractivity contribution in [2.45, 2.75) is 136 Å². The molecule has 1 rings (SSSR count). The van der Waals surface area contributed by atoms with E-state index in [4.69, 9.17) is 12.2 Å². The summed E-state index contributed by atoms with van der Waals surface area (Å²) in [4.78, 5) is 12.1. The van der Waals surface area contributed by atoms with E-state index in [1.54, 1.807) is 0 Å². The summed E-state index contributed by atoms with van der Waals surface area (Å²) in [6.45, 7) is 9.28. The third kappa shape index (κ3) is 13.3. The third-order valence-electron chi connectivity index (χ3n) is 6.55. The normalized spacial score (nSPS) is 19.7. The van der Waals surface area contributed by atoms with Crippen molar-refractivity contribution in [1.82, 2.24) is 10.6 Å². The number of unbranched alkanes of at least 4 members (excludes halogenated alkanes) is 10. The van der Waals surface area contributed by atoms with Crippen LogP contribution in [0.1, 0.15) is 130 Å². The summed E-state index contributed by atoms with van der Waals surface area (Å²) in [6.07, 6.45) is 19.7. The number of hydrogen-bond donors (Lipinski definition) is 2. The van der Waals surface area contributed by atoms with Gasteiger partial charge in [-0.25, -0.2) is 0 Å². The molecule has 0 atom stereocenters. The van der Waals surface area contributed by atoms with Crippen LogP contribution in [-0.4, -0.2) is 17.1 Å². The number of carbonyl (C=O) groups excluding carboxylic acids is 1. The molecule has 0 unspecified atom stereocenters. The first kappa shape index (κ1) is 26.4. The van der Waals surface area contributed by atoms with E-state index < -0.39 is 0 Å². The van der Waals surface area contributed by atoms with Gasteiger partial charge in [-0.1, -0.05) is 91.9 Å². The molecule has 4 heteroatoms. The zero-order valence-corrected chi connectivity index (χ0v) is 20.6. The number of rotatable bonds is 13. The highest BCUT2D eigenvalue weighted by atomic mass is 32.1. The highest BCUT2D eigenvalue weighted by Crippen LogP contribution is 2.37. The van der Waals surface area contributed by atoms with E-state index in [1.165, 1.54) is 70.6 Å². The number of amides is 1. The average molecular weight is 425 g/mol. The highest BCUT2D eigenvalue weighted by Gasteiger charge is 2.29. The van der Waals surface area contributed by atoms with E-state index in [-0.39, 0.29) is 5.91 Å². The SMILES string of the molecule is CCCCCCCCCCCCCC(=O)NC(=S)NC1CCC(C(C)(C)C)CC1. The summed E-state index contributed by atoms with van der Waals surface area (Å²) in [5.41, 5.74) is 0.397. The van der Waals surface area contributed by atoms with E-state index in [0.717, 1.165) is 31.6 Å². The van der Waals surface area contributed by atoms with Crippen LogP contribution < -0.4 is 10.6 Å². The number of nitrogens with one attached hydrogen (secondary N) is 2. The standard InChI is InChI=1S/C25H48N2OS/c1-5-6-7-8-9-10-11-12-13-14-15-16-23(28)27-24(29)26-22-19-17-21(18-20-22)25(2,3)4/h21-22H,5-20H2,1-4H3,(H2,26,27,28,29). The van der Waals surface area contributed by atoms with E-state index in [2.05, 4.69) is 38.3 Å². The highest BCUT2D eigenvalue weighted by molar-refractivity contribution is 7.80. The molecule has 0 aromatic rings. The minimum absolute atomic E-state index is 0.0711. The van der Waals surface area contributed by atoms with Gasteiger partial charge in [0.15, 0.2) is 5.11 Å². The Labute approximate surface area is 186 Å². The van der Waals surface area contributed by atoms with Gasteiger partial charge in [0.05, 0.1) is 0 Å². The van der Waals surface area contributed by atoms with Crippen molar-refractivity contribution >= 4 is 23.2 Å². The Hall–Kier alpha value is -0.640. The van der Waals surface area contributed by atoms with Gasteiger partial charge in [-0.3, -0.25) is 4.79 Å². The van der Waals surface area contributed by atoms with Gasteiger partial charge in [0.1, 0.15) is 0 Å². The molecular formula is C25H48N2OS. The Kier molecular flexibility index (Phi) is 13.8. The van der Waals surface area contributed by atoms with Crippen molar-refractivity contribution in [3.63, 3.8) is 0 Å². The van der Waals surface area contributed by atoms with Crippen molar-refractivity contribution in [1.29, 1.82) is 0 Å². The molecule has 0 bridgehead atoms. The van der Waals surface area contributed by atoms with Crippen LogP contribution in [0.15, 0.2) is 0 Å². The number of thiocarbonyl (C=S) groups is 1. The number of carbonyl (C=O) groups is 1. The zero-order valence-electron chi connectivity index (χ0n) is 19.8. The lowest BCUT2D eigenvalue weighted by Crippen LogP contribution is -2.46. The summed E-state index contributed by atoms with van der Waals surface area (Å²) in [5.74, 6) is 0.867. The molecule has 1 aliphatic carbocycles. The first-order chi connectivity index (χ1) is 13.8. The average Bonchev–Trinajstić information content (AvgIpc) is 2.65. The Bertz CT molecular complexity index is 450. The maximum Gasteiger partial charge on any atom is 0.226 e. The van der Waals surface area contributed by atoms with Crippen molar-refractivity contribution in [3.05, 3.63) is 0 Å². The molecule has 3 nitrogen and oxygen atoms in total. The van der Waals surface area contributed by atoms with Gasteiger partial charge in [0.25, 0.3) is 0 Å². The first-order valence-electron chi connectivity index (χ1n) is 12.4. The largest absolute Gasteiger partial charge is 0.360 e. The molecule has 0 aromatic heterocycles. The summed E-state index contributed by atoms with van der Waals surface area (Å²) >= 11 is 5.36. The van der Waals surface area contributed by atoms with Crippen LogP contribution in [0, 0.1) is 11.3 Å². The smallest absolute Gasteiger partial charge is 0.226 e. The molecule has 1 fully saturated rings. The minimum atomic E-state index is 0.0711. The van der Waals surface area contributed by atoms with Gasteiger partial charge in [-0.15, -0.1) is 0 Å². The minimum Gasteiger partial charge on any atom is -0.360 e. The molecule has 0 heterocycles. The van der Waals surface area contributed by atoms with Gasteiger partial charge in [0, 0.05) is 12.5 Å². The summed E-state index contributed by atoms with van der Waals surface area (Å²) in [5, 5.41) is 6.77. The fourth-order valence-corrected chi connectivity index (χ4v) is 4.74. The second-order valence-electron chi connectivity index (χ2n) is 10.2. The zero-order chi connectivity index (χ0) is 21.5. The maximum atomic E-state index is 12.1. The summed E-state index contributed by atoms with van der Waals surface area (Å²) in [6, 6.07) is 0.420. The van der Waals surface area contributed by atoms with Crippen LogP contribution in [0.5, 0.6) is 0 Å². The molecule has 1 saturated carbocycles. The van der Waals surface area contributed by atoms with E-state index in [9.17, 15) is 4.79 Å². The van der Waals surface area contributed by atoms with Gasteiger partial charge in [0.2, 0.25) is 5.91 Å². The summed E-state index contributed by atoms with van der Waals surface area (Å²) in [7, 11) is 0. The van der Waals surface area contributed by atoms with Gasteiger partial charge in [-0.2, -0.15) is 0 Å². The predicted octanol–water partition coefficient (Wildman–Crippen LogP) is 7.28. The summed E-state index contributed by atoms with van der Waals surface area (Å²) < 4.78 is 0. The Morgan fingerprint density at radius 1 is 0.828 bits per heavy atom.